The van der Waals surface area contributed by atoms with Crippen molar-refractivity contribution in [3.8, 4) is 0 Å². The van der Waals surface area contributed by atoms with Gasteiger partial charge in [-0.25, -0.2) is 0 Å². The Labute approximate surface area is 121 Å². The predicted octanol–water partition coefficient (Wildman–Crippen LogP) is 1.21. The minimum atomic E-state index is -0.748. The first kappa shape index (κ1) is 14.7. The second-order valence-corrected chi connectivity index (χ2v) is 6.38. The van der Waals surface area contributed by atoms with E-state index in [1.807, 2.05) is 29.2 Å². The Morgan fingerprint density at radius 1 is 1.47 bits per heavy atom. The SMILES string of the molecule is O=C(CSCC(O)CO)N1CCSc2ccccc21. The van der Waals surface area contributed by atoms with Crippen LogP contribution in [0.5, 0.6) is 0 Å². The number of carbonyl (C=O) groups excluding carboxylic acids is 1. The summed E-state index contributed by atoms with van der Waals surface area (Å²) >= 11 is 3.12. The molecule has 2 N–H and O–H groups in total. The normalized spacial score (nSPS) is 16.0. The van der Waals surface area contributed by atoms with Crippen LogP contribution >= 0.6 is 23.5 Å². The summed E-state index contributed by atoms with van der Waals surface area (Å²) in [4.78, 5) is 15.1. The number of hydrogen-bond donors (Lipinski definition) is 2. The van der Waals surface area contributed by atoms with Gasteiger partial charge in [-0.15, -0.1) is 23.5 Å². The third kappa shape index (κ3) is 3.89. The Morgan fingerprint density at radius 3 is 3.05 bits per heavy atom. The fourth-order valence-electron chi connectivity index (χ4n) is 1.84. The third-order valence-electron chi connectivity index (χ3n) is 2.78. The Kier molecular flexibility index (Phi) is 5.57. The maximum Gasteiger partial charge on any atom is 0.237 e. The van der Waals surface area contributed by atoms with Crippen molar-refractivity contribution < 1.29 is 15.0 Å². The number of amides is 1. The molecule has 0 aromatic heterocycles. The van der Waals surface area contributed by atoms with E-state index >= 15 is 0 Å². The zero-order valence-electron chi connectivity index (χ0n) is 10.5. The van der Waals surface area contributed by atoms with Gasteiger partial charge in [-0.2, -0.15) is 0 Å². The number of thioether (sulfide) groups is 2. The number of para-hydroxylation sites is 1. The minimum Gasteiger partial charge on any atom is -0.394 e. The first-order valence-corrected chi connectivity index (χ1v) is 8.25. The molecular formula is C13H17NO3S2. The lowest BCUT2D eigenvalue weighted by Gasteiger charge is -2.29. The molecule has 1 aliphatic rings. The summed E-state index contributed by atoms with van der Waals surface area (Å²) in [5.41, 5.74) is 0.979. The van der Waals surface area contributed by atoms with Crippen molar-refractivity contribution in [2.24, 2.45) is 0 Å². The molecule has 1 aromatic carbocycles. The van der Waals surface area contributed by atoms with Crippen molar-refractivity contribution in [1.29, 1.82) is 0 Å². The Hall–Kier alpha value is -0.690. The molecule has 0 fully saturated rings. The molecule has 1 aromatic rings. The van der Waals surface area contributed by atoms with E-state index in [2.05, 4.69) is 0 Å². The van der Waals surface area contributed by atoms with Crippen LogP contribution in [0.3, 0.4) is 0 Å². The summed E-state index contributed by atoms with van der Waals surface area (Å²) in [5.74, 6) is 1.68. The monoisotopic (exact) mass is 299 g/mol. The Balaban J connectivity index is 1.93. The summed E-state index contributed by atoms with van der Waals surface area (Å²) in [6.45, 7) is 0.466. The molecule has 1 amide bonds. The number of carbonyl (C=O) groups is 1. The number of anilines is 1. The van der Waals surface area contributed by atoms with Gasteiger partial charge in [0.2, 0.25) is 5.91 Å². The number of fused-ring (bicyclic) bond motifs is 1. The maximum atomic E-state index is 12.2. The lowest BCUT2D eigenvalue weighted by atomic mass is 10.3. The molecule has 1 heterocycles. The van der Waals surface area contributed by atoms with Gasteiger partial charge in [-0.1, -0.05) is 12.1 Å². The minimum absolute atomic E-state index is 0.0582. The van der Waals surface area contributed by atoms with Gasteiger partial charge in [-0.05, 0) is 12.1 Å². The summed E-state index contributed by atoms with van der Waals surface area (Å²) in [6.07, 6.45) is -0.748. The molecule has 4 nitrogen and oxygen atoms in total. The molecule has 0 saturated carbocycles. The summed E-state index contributed by atoms with van der Waals surface area (Å²) < 4.78 is 0. The van der Waals surface area contributed by atoms with Crippen molar-refractivity contribution in [2.45, 2.75) is 11.0 Å². The first-order chi connectivity index (χ1) is 9.22. The molecule has 104 valence electrons. The van der Waals surface area contributed by atoms with Crippen molar-refractivity contribution in [3.05, 3.63) is 24.3 Å². The number of nitrogens with zero attached hydrogens (tertiary/aromatic N) is 1. The van der Waals surface area contributed by atoms with Crippen molar-refractivity contribution in [1.82, 2.24) is 0 Å². The van der Waals surface area contributed by atoms with E-state index in [1.54, 1.807) is 11.8 Å². The van der Waals surface area contributed by atoms with Crippen LogP contribution in [-0.2, 0) is 4.79 Å². The van der Waals surface area contributed by atoms with Gasteiger partial charge in [0, 0.05) is 22.9 Å². The second kappa shape index (κ2) is 7.19. The molecule has 1 unspecified atom stereocenters. The number of hydrogen-bond acceptors (Lipinski definition) is 5. The zero-order chi connectivity index (χ0) is 13.7. The van der Waals surface area contributed by atoms with Crippen LogP contribution in [-0.4, -0.2) is 52.6 Å². The van der Waals surface area contributed by atoms with Crippen LogP contribution in [0.2, 0.25) is 0 Å². The molecule has 1 atom stereocenters. The van der Waals surface area contributed by atoms with Gasteiger partial charge < -0.3 is 15.1 Å². The number of benzene rings is 1. The quantitative estimate of drug-likeness (QED) is 0.856. The van der Waals surface area contributed by atoms with Crippen molar-refractivity contribution in [2.75, 3.05) is 35.3 Å². The Bertz CT molecular complexity index is 442. The highest BCUT2D eigenvalue weighted by Crippen LogP contribution is 2.34. The van der Waals surface area contributed by atoms with E-state index in [1.165, 1.54) is 11.8 Å². The van der Waals surface area contributed by atoms with Gasteiger partial charge in [0.15, 0.2) is 0 Å². The van der Waals surface area contributed by atoms with Gasteiger partial charge >= 0.3 is 0 Å². The average molecular weight is 299 g/mol. The third-order valence-corrected chi connectivity index (χ3v) is 4.89. The van der Waals surface area contributed by atoms with E-state index in [9.17, 15) is 9.90 Å². The average Bonchev–Trinajstić information content (AvgIpc) is 2.46. The molecule has 19 heavy (non-hydrogen) atoms. The highest BCUT2D eigenvalue weighted by Gasteiger charge is 2.22. The fourth-order valence-corrected chi connectivity index (χ4v) is 3.66. The lowest BCUT2D eigenvalue weighted by molar-refractivity contribution is -0.116. The first-order valence-electron chi connectivity index (χ1n) is 6.11. The molecule has 0 bridgehead atoms. The summed E-state index contributed by atoms with van der Waals surface area (Å²) in [6, 6.07) is 7.91. The van der Waals surface area contributed by atoms with Crippen LogP contribution in [0.1, 0.15) is 0 Å². The Morgan fingerprint density at radius 2 is 2.26 bits per heavy atom. The largest absolute Gasteiger partial charge is 0.394 e. The number of aliphatic hydroxyl groups excluding tert-OH is 2. The molecular weight excluding hydrogens is 282 g/mol. The van der Waals surface area contributed by atoms with Crippen molar-refractivity contribution in [3.63, 3.8) is 0 Å². The molecule has 2 rings (SSSR count). The lowest BCUT2D eigenvalue weighted by Crippen LogP contribution is -2.36. The molecule has 6 heteroatoms. The van der Waals surface area contributed by atoms with Crippen LogP contribution in [0.4, 0.5) is 5.69 Å². The predicted molar refractivity (Wildman–Crippen MR) is 79.9 cm³/mol. The second-order valence-electron chi connectivity index (χ2n) is 4.21. The van der Waals surface area contributed by atoms with Crippen LogP contribution in [0.25, 0.3) is 0 Å². The van der Waals surface area contributed by atoms with Gasteiger partial charge in [-0.3, -0.25) is 4.79 Å². The molecule has 0 aliphatic carbocycles. The van der Waals surface area contributed by atoms with E-state index < -0.39 is 6.10 Å². The van der Waals surface area contributed by atoms with E-state index in [0.29, 0.717) is 11.5 Å². The van der Waals surface area contributed by atoms with E-state index in [0.717, 1.165) is 22.9 Å². The summed E-state index contributed by atoms with van der Waals surface area (Å²) in [5, 5.41) is 18.0. The fraction of sp³-hybridized carbons (Fsp3) is 0.462. The number of rotatable bonds is 5. The van der Waals surface area contributed by atoms with Gasteiger partial charge in [0.05, 0.1) is 24.2 Å². The zero-order valence-corrected chi connectivity index (χ0v) is 12.1. The number of aliphatic hydroxyl groups is 2. The highest BCUT2D eigenvalue weighted by molar-refractivity contribution is 8.00. The van der Waals surface area contributed by atoms with Gasteiger partial charge in [0.25, 0.3) is 0 Å². The van der Waals surface area contributed by atoms with E-state index in [-0.39, 0.29) is 12.5 Å². The van der Waals surface area contributed by atoms with E-state index in [4.69, 9.17) is 5.11 Å². The summed E-state index contributed by atoms with van der Waals surface area (Å²) in [7, 11) is 0. The molecule has 1 aliphatic heterocycles. The van der Waals surface area contributed by atoms with Crippen LogP contribution in [0, 0.1) is 0 Å². The topological polar surface area (TPSA) is 60.8 Å². The highest BCUT2D eigenvalue weighted by atomic mass is 32.2. The van der Waals surface area contributed by atoms with Crippen molar-refractivity contribution >= 4 is 35.1 Å². The maximum absolute atomic E-state index is 12.2. The van der Waals surface area contributed by atoms with Gasteiger partial charge in [0.1, 0.15) is 0 Å². The molecule has 0 saturated heterocycles. The van der Waals surface area contributed by atoms with Crippen LogP contribution in [0.15, 0.2) is 29.2 Å². The standard InChI is InChI=1S/C13H17NO3S2/c15-7-10(16)8-18-9-13(17)14-5-6-19-12-4-2-1-3-11(12)14/h1-4,10,15-16H,5-9H2. The van der Waals surface area contributed by atoms with Crippen LogP contribution < -0.4 is 4.90 Å². The molecule has 0 spiro atoms. The molecule has 0 radical (unpaired) electrons. The smallest absolute Gasteiger partial charge is 0.237 e.